The zero-order valence-corrected chi connectivity index (χ0v) is 8.90. The SMILES string of the molecule is Cc1ccc(C(O)C(O)CBr)cn1. The van der Waals surface area contributed by atoms with Gasteiger partial charge in [0.2, 0.25) is 0 Å². The standard InChI is InChI=1S/C9H12BrNO2/c1-6-2-3-7(5-11-6)9(13)8(12)4-10/h2-3,5,8-9,12-13H,4H2,1H3. The number of aliphatic hydroxyl groups is 2. The molecule has 4 heteroatoms. The molecule has 1 heterocycles. The summed E-state index contributed by atoms with van der Waals surface area (Å²) in [5.74, 6) is 0. The third-order valence-corrected chi connectivity index (χ3v) is 2.46. The number of aromatic nitrogens is 1. The highest BCUT2D eigenvalue weighted by molar-refractivity contribution is 9.09. The zero-order chi connectivity index (χ0) is 9.84. The van der Waals surface area contributed by atoms with Crippen LogP contribution in [0.25, 0.3) is 0 Å². The molecule has 0 saturated carbocycles. The van der Waals surface area contributed by atoms with Crippen LogP contribution in [0.1, 0.15) is 17.4 Å². The Hall–Kier alpha value is -0.450. The van der Waals surface area contributed by atoms with Gasteiger partial charge < -0.3 is 10.2 Å². The van der Waals surface area contributed by atoms with Crippen molar-refractivity contribution in [3.8, 4) is 0 Å². The summed E-state index contributed by atoms with van der Waals surface area (Å²) in [5.41, 5.74) is 1.53. The lowest BCUT2D eigenvalue weighted by atomic mass is 10.1. The van der Waals surface area contributed by atoms with Crippen molar-refractivity contribution < 1.29 is 10.2 Å². The molecule has 1 aromatic heterocycles. The van der Waals surface area contributed by atoms with Gasteiger partial charge in [0.05, 0.1) is 6.10 Å². The molecule has 0 aliphatic heterocycles. The van der Waals surface area contributed by atoms with Gasteiger partial charge in [0, 0.05) is 22.8 Å². The Kier molecular flexibility index (Phi) is 3.84. The van der Waals surface area contributed by atoms with Crippen molar-refractivity contribution in [1.29, 1.82) is 0 Å². The lowest BCUT2D eigenvalue weighted by Crippen LogP contribution is -2.19. The van der Waals surface area contributed by atoms with Gasteiger partial charge in [0.15, 0.2) is 0 Å². The molecule has 0 bridgehead atoms. The number of nitrogens with zero attached hydrogens (tertiary/aromatic N) is 1. The van der Waals surface area contributed by atoms with Crippen LogP contribution in [0, 0.1) is 6.92 Å². The average molecular weight is 246 g/mol. The maximum Gasteiger partial charge on any atom is 0.107 e. The Labute approximate surface area is 85.6 Å². The number of hydrogen-bond donors (Lipinski definition) is 2. The number of aryl methyl sites for hydroxylation is 1. The third kappa shape index (κ3) is 2.76. The first-order chi connectivity index (χ1) is 6.15. The Morgan fingerprint density at radius 1 is 1.46 bits per heavy atom. The highest BCUT2D eigenvalue weighted by Crippen LogP contribution is 2.17. The van der Waals surface area contributed by atoms with Crippen molar-refractivity contribution in [2.24, 2.45) is 0 Å². The van der Waals surface area contributed by atoms with Crippen molar-refractivity contribution in [1.82, 2.24) is 4.98 Å². The van der Waals surface area contributed by atoms with Gasteiger partial charge in [-0.25, -0.2) is 0 Å². The monoisotopic (exact) mass is 245 g/mol. The minimum absolute atomic E-state index is 0.349. The highest BCUT2D eigenvalue weighted by atomic mass is 79.9. The Bertz CT molecular complexity index is 263. The van der Waals surface area contributed by atoms with Crippen molar-refractivity contribution in [2.75, 3.05) is 5.33 Å². The van der Waals surface area contributed by atoms with Crippen LogP contribution in [-0.2, 0) is 0 Å². The predicted molar refractivity (Wildman–Crippen MR) is 53.7 cm³/mol. The van der Waals surface area contributed by atoms with Gasteiger partial charge in [-0.05, 0) is 13.0 Å². The summed E-state index contributed by atoms with van der Waals surface area (Å²) in [6, 6.07) is 3.57. The van der Waals surface area contributed by atoms with Gasteiger partial charge in [-0.1, -0.05) is 22.0 Å². The van der Waals surface area contributed by atoms with Crippen molar-refractivity contribution >= 4 is 15.9 Å². The molecule has 0 aromatic carbocycles. The second-order valence-electron chi connectivity index (χ2n) is 2.90. The number of halogens is 1. The van der Waals surface area contributed by atoms with E-state index in [4.69, 9.17) is 0 Å². The van der Waals surface area contributed by atoms with E-state index in [9.17, 15) is 10.2 Å². The molecule has 0 aliphatic rings. The molecule has 3 nitrogen and oxygen atoms in total. The quantitative estimate of drug-likeness (QED) is 0.787. The lowest BCUT2D eigenvalue weighted by Gasteiger charge is -2.15. The highest BCUT2D eigenvalue weighted by Gasteiger charge is 2.16. The second kappa shape index (κ2) is 4.69. The molecule has 0 saturated heterocycles. The van der Waals surface area contributed by atoms with Crippen LogP contribution in [0.5, 0.6) is 0 Å². The van der Waals surface area contributed by atoms with Crippen LogP contribution in [0.2, 0.25) is 0 Å². The van der Waals surface area contributed by atoms with E-state index in [2.05, 4.69) is 20.9 Å². The van der Waals surface area contributed by atoms with E-state index in [1.807, 2.05) is 6.92 Å². The third-order valence-electron chi connectivity index (χ3n) is 1.80. The predicted octanol–water partition coefficient (Wildman–Crippen LogP) is 1.18. The summed E-state index contributed by atoms with van der Waals surface area (Å²) in [6.07, 6.45) is -0.0803. The van der Waals surface area contributed by atoms with Gasteiger partial charge in [0.25, 0.3) is 0 Å². The minimum Gasteiger partial charge on any atom is -0.389 e. The first-order valence-electron chi connectivity index (χ1n) is 4.00. The molecular formula is C9H12BrNO2. The number of rotatable bonds is 3. The van der Waals surface area contributed by atoms with E-state index in [1.165, 1.54) is 0 Å². The van der Waals surface area contributed by atoms with Crippen LogP contribution in [0.15, 0.2) is 18.3 Å². The molecule has 1 rings (SSSR count). The summed E-state index contributed by atoms with van der Waals surface area (Å²) < 4.78 is 0. The summed E-state index contributed by atoms with van der Waals surface area (Å²) >= 11 is 3.10. The number of alkyl halides is 1. The van der Waals surface area contributed by atoms with Crippen LogP contribution >= 0.6 is 15.9 Å². The van der Waals surface area contributed by atoms with E-state index in [0.29, 0.717) is 10.9 Å². The van der Waals surface area contributed by atoms with Gasteiger partial charge in [-0.2, -0.15) is 0 Å². The molecule has 0 aliphatic carbocycles. The fraction of sp³-hybridized carbons (Fsp3) is 0.444. The zero-order valence-electron chi connectivity index (χ0n) is 7.31. The molecule has 0 fully saturated rings. The molecule has 2 unspecified atom stereocenters. The molecule has 2 N–H and O–H groups in total. The van der Waals surface area contributed by atoms with E-state index >= 15 is 0 Å². The fourth-order valence-electron chi connectivity index (χ4n) is 0.961. The van der Waals surface area contributed by atoms with Crippen molar-refractivity contribution in [3.63, 3.8) is 0 Å². The molecule has 1 aromatic rings. The first-order valence-corrected chi connectivity index (χ1v) is 5.12. The van der Waals surface area contributed by atoms with E-state index in [-0.39, 0.29) is 0 Å². The summed E-state index contributed by atoms with van der Waals surface area (Å²) in [7, 11) is 0. The van der Waals surface area contributed by atoms with E-state index in [0.717, 1.165) is 5.69 Å². The van der Waals surface area contributed by atoms with E-state index < -0.39 is 12.2 Å². The molecule has 13 heavy (non-hydrogen) atoms. The van der Waals surface area contributed by atoms with Crippen LogP contribution < -0.4 is 0 Å². The molecule has 0 spiro atoms. The number of aliphatic hydroxyl groups excluding tert-OH is 2. The Morgan fingerprint density at radius 2 is 2.15 bits per heavy atom. The summed E-state index contributed by atoms with van der Waals surface area (Å²) in [6.45, 7) is 1.87. The largest absolute Gasteiger partial charge is 0.389 e. The van der Waals surface area contributed by atoms with Gasteiger partial charge in [-0.15, -0.1) is 0 Å². The van der Waals surface area contributed by atoms with Crippen LogP contribution in [0.3, 0.4) is 0 Å². The molecule has 2 atom stereocenters. The van der Waals surface area contributed by atoms with Crippen LogP contribution in [0.4, 0.5) is 0 Å². The minimum atomic E-state index is -0.868. The Morgan fingerprint density at radius 3 is 2.62 bits per heavy atom. The maximum absolute atomic E-state index is 9.56. The van der Waals surface area contributed by atoms with Crippen LogP contribution in [-0.4, -0.2) is 26.6 Å². The fourth-order valence-corrected chi connectivity index (χ4v) is 1.31. The van der Waals surface area contributed by atoms with Crippen molar-refractivity contribution in [3.05, 3.63) is 29.6 Å². The normalized spacial score (nSPS) is 15.4. The molecule has 0 amide bonds. The smallest absolute Gasteiger partial charge is 0.107 e. The number of hydrogen-bond acceptors (Lipinski definition) is 3. The summed E-state index contributed by atoms with van der Waals surface area (Å²) in [5, 5.41) is 19.2. The lowest BCUT2D eigenvalue weighted by molar-refractivity contribution is 0.0340. The van der Waals surface area contributed by atoms with E-state index in [1.54, 1.807) is 18.3 Å². The second-order valence-corrected chi connectivity index (χ2v) is 3.55. The molecule has 72 valence electrons. The van der Waals surface area contributed by atoms with Gasteiger partial charge in [-0.3, -0.25) is 4.98 Å². The van der Waals surface area contributed by atoms with Gasteiger partial charge in [0.1, 0.15) is 6.10 Å². The first kappa shape index (κ1) is 10.6. The molecule has 0 radical (unpaired) electrons. The van der Waals surface area contributed by atoms with Crippen molar-refractivity contribution in [2.45, 2.75) is 19.1 Å². The number of pyridine rings is 1. The maximum atomic E-state index is 9.56. The summed E-state index contributed by atoms with van der Waals surface area (Å²) in [4.78, 5) is 4.03. The van der Waals surface area contributed by atoms with Gasteiger partial charge >= 0.3 is 0 Å². The topological polar surface area (TPSA) is 53.4 Å². The Balaban J connectivity index is 2.77. The average Bonchev–Trinajstić information content (AvgIpc) is 2.17. The molecular weight excluding hydrogens is 234 g/mol.